The monoisotopic (exact) mass is 218 g/mol. The summed E-state index contributed by atoms with van der Waals surface area (Å²) in [6.45, 7) is 6.46. The van der Waals surface area contributed by atoms with Crippen molar-refractivity contribution in [2.24, 2.45) is 5.73 Å². The molecule has 1 aliphatic rings. The van der Waals surface area contributed by atoms with Crippen molar-refractivity contribution in [3.8, 4) is 0 Å². The SMILES string of the molecule is CN1C(=O)C(N)c2cc(C(C)(C)C)ccc21. The van der Waals surface area contributed by atoms with Gasteiger partial charge in [0.1, 0.15) is 6.04 Å². The number of hydrogen-bond donors (Lipinski definition) is 1. The van der Waals surface area contributed by atoms with Gasteiger partial charge in [-0.1, -0.05) is 32.9 Å². The molecule has 86 valence electrons. The maximum atomic E-state index is 11.7. The summed E-state index contributed by atoms with van der Waals surface area (Å²) in [4.78, 5) is 13.4. The quantitative estimate of drug-likeness (QED) is 0.723. The Hall–Kier alpha value is -1.35. The summed E-state index contributed by atoms with van der Waals surface area (Å²) in [5.74, 6) is -0.0268. The van der Waals surface area contributed by atoms with Crippen molar-refractivity contribution in [3.05, 3.63) is 29.3 Å². The third-order valence-corrected chi connectivity index (χ3v) is 3.19. The average Bonchev–Trinajstić information content (AvgIpc) is 2.43. The van der Waals surface area contributed by atoms with E-state index in [-0.39, 0.29) is 11.3 Å². The molecule has 0 fully saturated rings. The van der Waals surface area contributed by atoms with Gasteiger partial charge in [0.25, 0.3) is 0 Å². The number of hydrogen-bond acceptors (Lipinski definition) is 2. The number of anilines is 1. The Morgan fingerprint density at radius 2 is 1.94 bits per heavy atom. The van der Waals surface area contributed by atoms with Crippen LogP contribution in [-0.2, 0) is 10.2 Å². The molecule has 2 rings (SSSR count). The molecule has 0 saturated carbocycles. The van der Waals surface area contributed by atoms with Crippen LogP contribution in [0.4, 0.5) is 5.69 Å². The molecular formula is C13H18N2O. The first kappa shape index (κ1) is 11.1. The van der Waals surface area contributed by atoms with Crippen LogP contribution >= 0.6 is 0 Å². The topological polar surface area (TPSA) is 46.3 Å². The normalized spacial score (nSPS) is 20.2. The molecule has 0 spiro atoms. The molecule has 0 radical (unpaired) electrons. The fourth-order valence-electron chi connectivity index (χ4n) is 2.04. The largest absolute Gasteiger partial charge is 0.316 e. The first-order chi connectivity index (χ1) is 7.32. The number of carbonyl (C=O) groups is 1. The van der Waals surface area contributed by atoms with E-state index in [2.05, 4.69) is 32.9 Å². The van der Waals surface area contributed by atoms with E-state index >= 15 is 0 Å². The molecule has 0 aliphatic carbocycles. The third-order valence-electron chi connectivity index (χ3n) is 3.19. The van der Waals surface area contributed by atoms with Crippen LogP contribution in [0.2, 0.25) is 0 Å². The molecule has 1 aliphatic heterocycles. The molecule has 0 bridgehead atoms. The van der Waals surface area contributed by atoms with Crippen molar-refractivity contribution in [1.82, 2.24) is 0 Å². The van der Waals surface area contributed by atoms with Crippen molar-refractivity contribution in [3.63, 3.8) is 0 Å². The van der Waals surface area contributed by atoms with Gasteiger partial charge in [-0.2, -0.15) is 0 Å². The number of benzene rings is 1. The summed E-state index contributed by atoms with van der Waals surface area (Å²) >= 11 is 0. The first-order valence-corrected chi connectivity index (χ1v) is 5.50. The van der Waals surface area contributed by atoms with Crippen LogP contribution in [0.25, 0.3) is 0 Å². The van der Waals surface area contributed by atoms with Crippen LogP contribution in [-0.4, -0.2) is 13.0 Å². The minimum atomic E-state index is -0.498. The van der Waals surface area contributed by atoms with Gasteiger partial charge in [-0.05, 0) is 17.0 Å². The zero-order chi connectivity index (χ0) is 12.1. The van der Waals surface area contributed by atoms with Crippen molar-refractivity contribution in [1.29, 1.82) is 0 Å². The molecule has 1 unspecified atom stereocenters. The second-order valence-electron chi connectivity index (χ2n) is 5.40. The second kappa shape index (κ2) is 3.32. The Bertz CT molecular complexity index is 446. The van der Waals surface area contributed by atoms with E-state index in [1.54, 1.807) is 11.9 Å². The number of amides is 1. The summed E-state index contributed by atoms with van der Waals surface area (Å²) in [6, 6.07) is 5.62. The number of nitrogens with two attached hydrogens (primary N) is 1. The lowest BCUT2D eigenvalue weighted by Gasteiger charge is -2.20. The van der Waals surface area contributed by atoms with Crippen LogP contribution in [0, 0.1) is 0 Å². The maximum absolute atomic E-state index is 11.7. The Labute approximate surface area is 96.2 Å². The lowest BCUT2D eigenvalue weighted by Crippen LogP contribution is -2.27. The van der Waals surface area contributed by atoms with Crippen molar-refractivity contribution < 1.29 is 4.79 Å². The van der Waals surface area contributed by atoms with E-state index in [1.165, 1.54) is 5.56 Å². The third kappa shape index (κ3) is 1.52. The fourth-order valence-corrected chi connectivity index (χ4v) is 2.04. The van der Waals surface area contributed by atoms with Crippen molar-refractivity contribution in [2.75, 3.05) is 11.9 Å². The molecule has 16 heavy (non-hydrogen) atoms. The summed E-state index contributed by atoms with van der Waals surface area (Å²) < 4.78 is 0. The van der Waals surface area contributed by atoms with Crippen molar-refractivity contribution in [2.45, 2.75) is 32.2 Å². The van der Waals surface area contributed by atoms with Gasteiger partial charge in [-0.25, -0.2) is 0 Å². The molecule has 1 aromatic rings. The minimum Gasteiger partial charge on any atom is -0.316 e. The molecule has 1 aromatic carbocycles. The summed E-state index contributed by atoms with van der Waals surface area (Å²) in [6.07, 6.45) is 0. The van der Waals surface area contributed by atoms with Crippen LogP contribution in [0.5, 0.6) is 0 Å². The standard InChI is InChI=1S/C13H18N2O/c1-13(2,3)8-5-6-10-9(7-8)11(14)12(16)15(10)4/h5-7,11H,14H2,1-4H3. The van der Waals surface area contributed by atoms with Gasteiger partial charge < -0.3 is 10.6 Å². The van der Waals surface area contributed by atoms with E-state index < -0.39 is 6.04 Å². The molecule has 3 nitrogen and oxygen atoms in total. The van der Waals surface area contributed by atoms with Gasteiger partial charge in [-0.15, -0.1) is 0 Å². The molecule has 1 atom stereocenters. The smallest absolute Gasteiger partial charge is 0.248 e. The summed E-state index contributed by atoms with van der Waals surface area (Å²) in [5, 5.41) is 0. The van der Waals surface area contributed by atoms with E-state index in [1.807, 2.05) is 6.07 Å². The Kier molecular flexibility index (Phi) is 2.31. The zero-order valence-electron chi connectivity index (χ0n) is 10.2. The van der Waals surface area contributed by atoms with Gasteiger partial charge in [0.15, 0.2) is 0 Å². The average molecular weight is 218 g/mol. The molecule has 2 N–H and O–H groups in total. The Morgan fingerprint density at radius 1 is 1.31 bits per heavy atom. The van der Waals surface area contributed by atoms with Crippen LogP contribution in [0.15, 0.2) is 18.2 Å². The predicted octanol–water partition coefficient (Wildman–Crippen LogP) is 1.96. The molecule has 3 heteroatoms. The number of fused-ring (bicyclic) bond motifs is 1. The number of likely N-dealkylation sites (N-methyl/N-ethyl adjacent to an activating group) is 1. The molecular weight excluding hydrogens is 200 g/mol. The number of rotatable bonds is 0. The molecule has 0 saturated heterocycles. The Morgan fingerprint density at radius 3 is 2.50 bits per heavy atom. The van der Waals surface area contributed by atoms with Crippen molar-refractivity contribution >= 4 is 11.6 Å². The van der Waals surface area contributed by atoms with E-state index in [4.69, 9.17) is 5.73 Å². The van der Waals surface area contributed by atoms with E-state index in [0.717, 1.165) is 11.3 Å². The molecule has 0 aromatic heterocycles. The highest BCUT2D eigenvalue weighted by Gasteiger charge is 2.33. The van der Waals surface area contributed by atoms with Gasteiger partial charge in [0.2, 0.25) is 5.91 Å². The van der Waals surface area contributed by atoms with Gasteiger partial charge in [0.05, 0.1) is 0 Å². The molecule has 1 heterocycles. The highest BCUT2D eigenvalue weighted by Crippen LogP contribution is 2.36. The lowest BCUT2D eigenvalue weighted by atomic mass is 9.85. The summed E-state index contributed by atoms with van der Waals surface area (Å²) in [7, 11) is 1.77. The first-order valence-electron chi connectivity index (χ1n) is 5.50. The highest BCUT2D eigenvalue weighted by atomic mass is 16.2. The minimum absolute atomic E-state index is 0.0268. The second-order valence-corrected chi connectivity index (χ2v) is 5.40. The maximum Gasteiger partial charge on any atom is 0.248 e. The van der Waals surface area contributed by atoms with Gasteiger partial charge in [0, 0.05) is 18.3 Å². The number of nitrogens with zero attached hydrogens (tertiary/aromatic N) is 1. The zero-order valence-corrected chi connectivity index (χ0v) is 10.2. The highest BCUT2D eigenvalue weighted by molar-refractivity contribution is 6.04. The van der Waals surface area contributed by atoms with Crippen LogP contribution in [0.3, 0.4) is 0 Å². The predicted molar refractivity (Wildman–Crippen MR) is 65.5 cm³/mol. The van der Waals surface area contributed by atoms with Crippen LogP contribution in [0.1, 0.15) is 37.9 Å². The van der Waals surface area contributed by atoms with Crippen LogP contribution < -0.4 is 10.6 Å². The van der Waals surface area contributed by atoms with Gasteiger partial charge in [-0.3, -0.25) is 4.79 Å². The number of carbonyl (C=O) groups excluding carboxylic acids is 1. The molecule has 1 amide bonds. The lowest BCUT2D eigenvalue weighted by molar-refractivity contribution is -0.118. The van der Waals surface area contributed by atoms with E-state index in [0.29, 0.717) is 0 Å². The fraction of sp³-hybridized carbons (Fsp3) is 0.462. The van der Waals surface area contributed by atoms with Gasteiger partial charge >= 0.3 is 0 Å². The van der Waals surface area contributed by atoms with E-state index in [9.17, 15) is 4.79 Å². The summed E-state index contributed by atoms with van der Waals surface area (Å²) in [5.41, 5.74) is 9.08. The Balaban J connectivity index is 2.54.